The summed E-state index contributed by atoms with van der Waals surface area (Å²) >= 11 is 0. The summed E-state index contributed by atoms with van der Waals surface area (Å²) in [5, 5.41) is 11.5. The van der Waals surface area contributed by atoms with E-state index in [0.29, 0.717) is 12.5 Å². The Labute approximate surface area is 125 Å². The van der Waals surface area contributed by atoms with Crippen LogP contribution < -0.4 is 5.32 Å². The van der Waals surface area contributed by atoms with E-state index in [0.717, 1.165) is 4.31 Å². The summed E-state index contributed by atoms with van der Waals surface area (Å²) < 4.78 is 25.6. The molecule has 0 unspecified atom stereocenters. The van der Waals surface area contributed by atoms with Crippen molar-refractivity contribution in [3.63, 3.8) is 0 Å². The molecule has 0 bridgehead atoms. The highest BCUT2D eigenvalue weighted by Crippen LogP contribution is 2.15. The van der Waals surface area contributed by atoms with Crippen molar-refractivity contribution in [3.8, 4) is 6.07 Å². The second-order valence-corrected chi connectivity index (χ2v) is 7.14. The van der Waals surface area contributed by atoms with E-state index in [1.54, 1.807) is 0 Å². The Bertz CT molecular complexity index is 648. The quantitative estimate of drug-likeness (QED) is 0.847. The Morgan fingerprint density at radius 2 is 2.10 bits per heavy atom. The fourth-order valence-corrected chi connectivity index (χ4v) is 2.74. The predicted molar refractivity (Wildman–Crippen MR) is 78.8 cm³/mol. The Kier molecular flexibility index (Phi) is 5.88. The molecule has 21 heavy (non-hydrogen) atoms. The van der Waals surface area contributed by atoms with E-state index in [2.05, 4.69) is 5.32 Å². The highest BCUT2D eigenvalue weighted by molar-refractivity contribution is 7.89. The minimum absolute atomic E-state index is 0.000657. The lowest BCUT2D eigenvalue weighted by molar-refractivity contribution is -0.121. The molecule has 0 aliphatic heterocycles. The van der Waals surface area contributed by atoms with Gasteiger partial charge in [-0.2, -0.15) is 9.57 Å². The van der Waals surface area contributed by atoms with Gasteiger partial charge in [-0.05, 0) is 24.1 Å². The van der Waals surface area contributed by atoms with Gasteiger partial charge in [-0.1, -0.05) is 19.9 Å². The summed E-state index contributed by atoms with van der Waals surface area (Å²) in [6.45, 7) is 4.14. The van der Waals surface area contributed by atoms with Gasteiger partial charge in [-0.15, -0.1) is 0 Å². The van der Waals surface area contributed by atoms with Crippen LogP contribution in [0.1, 0.15) is 19.4 Å². The molecule has 0 saturated carbocycles. The number of hydrogen-bond acceptors (Lipinski definition) is 4. The number of nitriles is 1. The number of amides is 1. The molecule has 0 radical (unpaired) electrons. The smallest absolute Gasteiger partial charge is 0.243 e. The Balaban J connectivity index is 2.82. The summed E-state index contributed by atoms with van der Waals surface area (Å²) in [6.07, 6.45) is 0. The summed E-state index contributed by atoms with van der Waals surface area (Å²) in [6, 6.07) is 7.60. The number of likely N-dealkylation sites (N-methyl/N-ethyl adjacent to an activating group) is 1. The first-order valence-electron chi connectivity index (χ1n) is 6.50. The lowest BCUT2D eigenvalue weighted by Gasteiger charge is -2.17. The number of benzene rings is 1. The van der Waals surface area contributed by atoms with Crippen LogP contribution in [0.2, 0.25) is 0 Å². The summed E-state index contributed by atoms with van der Waals surface area (Å²) in [5.74, 6) is -0.0608. The van der Waals surface area contributed by atoms with Crippen molar-refractivity contribution in [2.24, 2.45) is 5.92 Å². The van der Waals surface area contributed by atoms with Gasteiger partial charge < -0.3 is 5.32 Å². The van der Waals surface area contributed by atoms with E-state index in [1.165, 1.54) is 31.3 Å². The van der Waals surface area contributed by atoms with E-state index < -0.39 is 10.0 Å². The number of nitrogens with zero attached hydrogens (tertiary/aromatic N) is 2. The first-order valence-corrected chi connectivity index (χ1v) is 7.94. The Morgan fingerprint density at radius 3 is 2.67 bits per heavy atom. The number of carbonyl (C=O) groups is 1. The van der Waals surface area contributed by atoms with Crippen LogP contribution in [0.5, 0.6) is 0 Å². The highest BCUT2D eigenvalue weighted by Gasteiger charge is 2.23. The van der Waals surface area contributed by atoms with Gasteiger partial charge in [0.1, 0.15) is 0 Å². The van der Waals surface area contributed by atoms with Gasteiger partial charge in [0.2, 0.25) is 15.9 Å². The fraction of sp³-hybridized carbons (Fsp3) is 0.429. The van der Waals surface area contributed by atoms with Crippen LogP contribution in [-0.2, 0) is 14.8 Å². The van der Waals surface area contributed by atoms with Crippen LogP contribution in [-0.4, -0.2) is 38.8 Å². The van der Waals surface area contributed by atoms with E-state index >= 15 is 0 Å². The second kappa shape index (κ2) is 7.20. The zero-order valence-corrected chi connectivity index (χ0v) is 13.1. The molecule has 0 saturated heterocycles. The molecule has 0 heterocycles. The minimum atomic E-state index is -3.78. The van der Waals surface area contributed by atoms with Crippen molar-refractivity contribution in [1.82, 2.24) is 9.62 Å². The van der Waals surface area contributed by atoms with Crippen molar-refractivity contribution in [3.05, 3.63) is 29.8 Å². The van der Waals surface area contributed by atoms with Crippen molar-refractivity contribution >= 4 is 15.9 Å². The molecule has 7 heteroatoms. The molecule has 0 atom stereocenters. The normalized spacial score (nSPS) is 11.4. The van der Waals surface area contributed by atoms with Gasteiger partial charge in [-0.25, -0.2) is 8.42 Å². The molecule has 1 amide bonds. The molecule has 0 fully saturated rings. The maximum Gasteiger partial charge on any atom is 0.243 e. The first-order chi connectivity index (χ1) is 9.77. The SMILES string of the molecule is CC(C)CNC(=O)CN(C)S(=O)(=O)c1cccc(C#N)c1. The topological polar surface area (TPSA) is 90.3 Å². The van der Waals surface area contributed by atoms with Crippen LogP contribution in [0, 0.1) is 17.2 Å². The minimum Gasteiger partial charge on any atom is -0.355 e. The average molecular weight is 309 g/mol. The van der Waals surface area contributed by atoms with Crippen molar-refractivity contribution in [1.29, 1.82) is 5.26 Å². The van der Waals surface area contributed by atoms with Gasteiger partial charge in [0.25, 0.3) is 0 Å². The second-order valence-electron chi connectivity index (χ2n) is 5.10. The van der Waals surface area contributed by atoms with Crippen LogP contribution in [0.4, 0.5) is 0 Å². The maximum atomic E-state index is 12.3. The Hall–Kier alpha value is -1.91. The summed E-state index contributed by atoms with van der Waals surface area (Å²) in [5.41, 5.74) is 0.258. The molecule has 114 valence electrons. The van der Waals surface area contributed by atoms with Gasteiger partial charge in [-0.3, -0.25) is 4.79 Å². The average Bonchev–Trinajstić information content (AvgIpc) is 2.45. The molecule has 0 spiro atoms. The molecule has 6 nitrogen and oxygen atoms in total. The largest absolute Gasteiger partial charge is 0.355 e. The lowest BCUT2D eigenvalue weighted by Crippen LogP contribution is -2.39. The molecule has 0 aromatic heterocycles. The third-order valence-electron chi connectivity index (χ3n) is 2.75. The molecular weight excluding hydrogens is 290 g/mol. The standard InChI is InChI=1S/C14H19N3O3S/c1-11(2)9-16-14(18)10-17(3)21(19,20)13-6-4-5-12(7-13)8-15/h4-7,11H,9-10H2,1-3H3,(H,16,18). The van der Waals surface area contributed by atoms with E-state index in [4.69, 9.17) is 5.26 Å². The highest BCUT2D eigenvalue weighted by atomic mass is 32.2. The van der Waals surface area contributed by atoms with Crippen LogP contribution >= 0.6 is 0 Å². The predicted octanol–water partition coefficient (Wildman–Crippen LogP) is 0.951. The van der Waals surface area contributed by atoms with Gasteiger partial charge >= 0.3 is 0 Å². The van der Waals surface area contributed by atoms with Gasteiger partial charge in [0.15, 0.2) is 0 Å². The van der Waals surface area contributed by atoms with Crippen molar-refractivity contribution in [2.45, 2.75) is 18.7 Å². The monoisotopic (exact) mass is 309 g/mol. The van der Waals surface area contributed by atoms with E-state index in [9.17, 15) is 13.2 Å². The zero-order valence-electron chi connectivity index (χ0n) is 12.3. The number of hydrogen-bond donors (Lipinski definition) is 1. The number of carbonyl (C=O) groups excluding carboxylic acids is 1. The van der Waals surface area contributed by atoms with Crippen molar-refractivity contribution < 1.29 is 13.2 Å². The summed E-state index contributed by atoms with van der Waals surface area (Å²) in [7, 11) is -2.45. The fourth-order valence-electron chi connectivity index (χ4n) is 1.57. The molecule has 1 aromatic carbocycles. The third-order valence-corrected chi connectivity index (χ3v) is 4.54. The van der Waals surface area contributed by atoms with Crippen LogP contribution in [0.3, 0.4) is 0 Å². The van der Waals surface area contributed by atoms with E-state index in [1.807, 2.05) is 19.9 Å². The zero-order chi connectivity index (χ0) is 16.0. The molecule has 0 aliphatic carbocycles. The molecular formula is C14H19N3O3S. The maximum absolute atomic E-state index is 12.3. The van der Waals surface area contributed by atoms with Crippen LogP contribution in [0.15, 0.2) is 29.2 Å². The first kappa shape index (κ1) is 17.1. The third kappa shape index (κ3) is 4.85. The van der Waals surface area contributed by atoms with Gasteiger partial charge in [0.05, 0.1) is 23.1 Å². The van der Waals surface area contributed by atoms with Crippen molar-refractivity contribution in [2.75, 3.05) is 20.1 Å². The lowest BCUT2D eigenvalue weighted by atomic mass is 10.2. The molecule has 0 aliphatic rings. The number of rotatable bonds is 6. The van der Waals surface area contributed by atoms with Gasteiger partial charge in [0, 0.05) is 13.6 Å². The molecule has 1 aromatic rings. The molecule has 1 N–H and O–H groups in total. The molecule has 1 rings (SSSR count). The Morgan fingerprint density at radius 1 is 1.43 bits per heavy atom. The van der Waals surface area contributed by atoms with E-state index in [-0.39, 0.29) is 22.9 Å². The number of sulfonamides is 1. The van der Waals surface area contributed by atoms with Crippen LogP contribution in [0.25, 0.3) is 0 Å². The summed E-state index contributed by atoms with van der Waals surface area (Å²) in [4.78, 5) is 11.7. The number of nitrogens with one attached hydrogen (secondary N) is 1.